The van der Waals surface area contributed by atoms with Crippen LogP contribution in [-0.4, -0.2) is 18.0 Å². The van der Waals surface area contributed by atoms with Gasteiger partial charge < -0.3 is 10.1 Å². The van der Waals surface area contributed by atoms with Gasteiger partial charge in [-0.25, -0.2) is 13.8 Å². The summed E-state index contributed by atoms with van der Waals surface area (Å²) < 4.78 is 31.8. The number of amides is 1. The van der Waals surface area contributed by atoms with E-state index in [0.29, 0.717) is 21.8 Å². The molecule has 27 heavy (non-hydrogen) atoms. The van der Waals surface area contributed by atoms with Gasteiger partial charge in [0.25, 0.3) is 0 Å². The van der Waals surface area contributed by atoms with Crippen LogP contribution in [0.25, 0.3) is 10.8 Å². The van der Waals surface area contributed by atoms with Crippen LogP contribution in [0, 0.1) is 11.6 Å². The summed E-state index contributed by atoms with van der Waals surface area (Å²) in [7, 11) is 1.49. The van der Waals surface area contributed by atoms with Gasteiger partial charge in [0.2, 0.25) is 11.8 Å². The number of nitrogens with one attached hydrogen (secondary N) is 1. The van der Waals surface area contributed by atoms with Gasteiger partial charge in [-0.2, -0.15) is 0 Å². The minimum Gasteiger partial charge on any atom is -0.481 e. The Morgan fingerprint density at radius 3 is 2.70 bits per heavy atom. The van der Waals surface area contributed by atoms with E-state index in [1.165, 1.54) is 7.11 Å². The second kappa shape index (κ2) is 8.08. The minimum absolute atomic E-state index is 0.0216. The van der Waals surface area contributed by atoms with Gasteiger partial charge in [-0.05, 0) is 47.8 Å². The number of nitrogens with two attached hydrogens (primary N) is 1. The predicted octanol–water partition coefficient (Wildman–Crippen LogP) is 4.32. The SMILES string of the molecule is COc1nccc2c(SN)cc(NC(=O)Cc3cc(F)c(F)cc3Cl)cc12. The van der Waals surface area contributed by atoms with Crippen LogP contribution in [0.2, 0.25) is 5.02 Å². The van der Waals surface area contributed by atoms with Crippen molar-refractivity contribution < 1.29 is 18.3 Å². The van der Waals surface area contributed by atoms with Crippen LogP contribution >= 0.6 is 23.5 Å². The van der Waals surface area contributed by atoms with Gasteiger partial charge in [-0.3, -0.25) is 9.93 Å². The Hall–Kier alpha value is -2.42. The maximum absolute atomic E-state index is 13.4. The van der Waals surface area contributed by atoms with Crippen LogP contribution < -0.4 is 15.2 Å². The number of hydrogen-bond acceptors (Lipinski definition) is 5. The molecule has 1 heterocycles. The van der Waals surface area contributed by atoms with E-state index >= 15 is 0 Å². The van der Waals surface area contributed by atoms with Crippen molar-refractivity contribution in [2.24, 2.45) is 5.14 Å². The molecule has 0 saturated carbocycles. The molecule has 0 atom stereocenters. The maximum Gasteiger partial charge on any atom is 0.228 e. The molecule has 9 heteroatoms. The van der Waals surface area contributed by atoms with Gasteiger partial charge >= 0.3 is 0 Å². The van der Waals surface area contributed by atoms with E-state index in [0.717, 1.165) is 29.5 Å². The molecule has 0 fully saturated rings. The number of carbonyl (C=O) groups is 1. The van der Waals surface area contributed by atoms with E-state index in [-0.39, 0.29) is 17.0 Å². The average Bonchev–Trinajstić information content (AvgIpc) is 2.64. The van der Waals surface area contributed by atoms with E-state index in [1.54, 1.807) is 24.4 Å². The van der Waals surface area contributed by atoms with Gasteiger partial charge in [0, 0.05) is 32.6 Å². The molecule has 140 valence electrons. The number of anilines is 1. The summed E-state index contributed by atoms with van der Waals surface area (Å²) >= 11 is 6.90. The second-order valence-electron chi connectivity index (χ2n) is 5.59. The number of hydrogen-bond donors (Lipinski definition) is 2. The first-order chi connectivity index (χ1) is 12.9. The first-order valence-electron chi connectivity index (χ1n) is 7.69. The van der Waals surface area contributed by atoms with Gasteiger partial charge in [0.05, 0.1) is 13.5 Å². The average molecular weight is 410 g/mol. The third-order valence-corrected chi connectivity index (χ3v) is 4.79. The van der Waals surface area contributed by atoms with Gasteiger partial charge in [0.15, 0.2) is 11.6 Å². The number of ether oxygens (including phenoxy) is 1. The van der Waals surface area contributed by atoms with E-state index < -0.39 is 17.5 Å². The molecule has 0 bridgehead atoms. The molecule has 3 rings (SSSR count). The fourth-order valence-electron chi connectivity index (χ4n) is 2.63. The molecule has 2 aromatic carbocycles. The van der Waals surface area contributed by atoms with Crippen LogP contribution in [0.5, 0.6) is 5.88 Å². The lowest BCUT2D eigenvalue weighted by atomic mass is 10.1. The lowest BCUT2D eigenvalue weighted by molar-refractivity contribution is -0.115. The monoisotopic (exact) mass is 409 g/mol. The number of aromatic nitrogens is 1. The Balaban J connectivity index is 1.90. The second-order valence-corrected chi connectivity index (χ2v) is 6.67. The Kier molecular flexibility index (Phi) is 5.79. The highest BCUT2D eigenvalue weighted by Gasteiger charge is 2.14. The van der Waals surface area contributed by atoms with Crippen molar-refractivity contribution in [3.8, 4) is 5.88 Å². The largest absolute Gasteiger partial charge is 0.481 e. The highest BCUT2D eigenvalue weighted by Crippen LogP contribution is 2.33. The summed E-state index contributed by atoms with van der Waals surface area (Å²) in [6.45, 7) is 0. The highest BCUT2D eigenvalue weighted by molar-refractivity contribution is 7.97. The molecule has 0 aliphatic rings. The normalized spacial score (nSPS) is 10.9. The number of methoxy groups -OCH3 is 1. The molecule has 1 amide bonds. The zero-order chi connectivity index (χ0) is 19.6. The summed E-state index contributed by atoms with van der Waals surface area (Å²) in [5.74, 6) is -2.19. The molecular weight excluding hydrogens is 396 g/mol. The molecular formula is C18H14ClF2N3O2S. The lowest BCUT2D eigenvalue weighted by Gasteiger charge is -2.12. The highest BCUT2D eigenvalue weighted by atomic mass is 35.5. The fraction of sp³-hybridized carbons (Fsp3) is 0.111. The van der Waals surface area contributed by atoms with E-state index in [9.17, 15) is 13.6 Å². The first-order valence-corrected chi connectivity index (χ1v) is 8.95. The quantitative estimate of drug-likeness (QED) is 0.484. The van der Waals surface area contributed by atoms with Crippen molar-refractivity contribution in [3.05, 3.63) is 58.7 Å². The number of pyridine rings is 1. The van der Waals surface area contributed by atoms with E-state index in [1.807, 2.05) is 0 Å². The fourth-order valence-corrected chi connectivity index (χ4v) is 3.35. The Labute approximate surface area is 163 Å². The van der Waals surface area contributed by atoms with Crippen LogP contribution in [0.4, 0.5) is 14.5 Å². The summed E-state index contributed by atoms with van der Waals surface area (Å²) in [4.78, 5) is 17.2. The lowest BCUT2D eigenvalue weighted by Crippen LogP contribution is -2.15. The van der Waals surface area contributed by atoms with Crippen LogP contribution in [0.3, 0.4) is 0 Å². The molecule has 0 aliphatic carbocycles. The number of nitrogens with zero attached hydrogens (tertiary/aromatic N) is 1. The molecule has 1 aromatic heterocycles. The number of rotatable bonds is 5. The van der Waals surface area contributed by atoms with Crippen molar-refractivity contribution in [1.82, 2.24) is 4.98 Å². The number of benzene rings is 2. The maximum atomic E-state index is 13.4. The van der Waals surface area contributed by atoms with Gasteiger partial charge in [0.1, 0.15) is 0 Å². The standard InChI is InChI=1S/C18H14ClF2N3O2S/c1-26-18-12-6-10(7-16(27-22)11(12)2-3-23-18)24-17(25)5-9-4-14(20)15(21)8-13(9)19/h2-4,6-8H,5,22H2,1H3,(H,24,25). The zero-order valence-electron chi connectivity index (χ0n) is 14.1. The van der Waals surface area contributed by atoms with Crippen molar-refractivity contribution in [2.75, 3.05) is 12.4 Å². The molecule has 0 saturated heterocycles. The molecule has 3 aromatic rings. The Morgan fingerprint density at radius 1 is 1.26 bits per heavy atom. The molecule has 0 unspecified atom stereocenters. The zero-order valence-corrected chi connectivity index (χ0v) is 15.6. The van der Waals surface area contributed by atoms with Gasteiger partial charge in [-0.1, -0.05) is 11.6 Å². The molecule has 0 aliphatic heterocycles. The molecule has 5 nitrogen and oxygen atoms in total. The number of carbonyl (C=O) groups excluding carboxylic acids is 1. The van der Waals surface area contributed by atoms with Crippen LogP contribution in [-0.2, 0) is 11.2 Å². The van der Waals surface area contributed by atoms with Crippen LogP contribution in [0.1, 0.15) is 5.56 Å². The van der Waals surface area contributed by atoms with E-state index in [4.69, 9.17) is 21.5 Å². The van der Waals surface area contributed by atoms with Crippen LogP contribution in [0.15, 0.2) is 41.4 Å². The minimum atomic E-state index is -1.07. The summed E-state index contributed by atoms with van der Waals surface area (Å²) in [5, 5.41) is 9.92. The summed E-state index contributed by atoms with van der Waals surface area (Å²) in [6.07, 6.45) is 1.38. The topological polar surface area (TPSA) is 77.2 Å². The number of halogens is 3. The third kappa shape index (κ3) is 4.13. The predicted molar refractivity (Wildman–Crippen MR) is 102 cm³/mol. The first kappa shape index (κ1) is 19.3. The molecule has 0 spiro atoms. The van der Waals surface area contributed by atoms with Crippen molar-refractivity contribution in [1.29, 1.82) is 0 Å². The Bertz CT molecular complexity index is 1030. The summed E-state index contributed by atoms with van der Waals surface area (Å²) in [6, 6.07) is 6.95. The molecule has 3 N–H and O–H groups in total. The van der Waals surface area contributed by atoms with E-state index in [2.05, 4.69) is 10.3 Å². The third-order valence-electron chi connectivity index (χ3n) is 3.85. The van der Waals surface area contributed by atoms with Crippen molar-refractivity contribution in [3.63, 3.8) is 0 Å². The van der Waals surface area contributed by atoms with Gasteiger partial charge in [-0.15, -0.1) is 0 Å². The smallest absolute Gasteiger partial charge is 0.228 e. The van der Waals surface area contributed by atoms with Crippen molar-refractivity contribution >= 4 is 45.9 Å². The van der Waals surface area contributed by atoms with Crippen molar-refractivity contribution in [2.45, 2.75) is 11.3 Å². The summed E-state index contributed by atoms with van der Waals surface area (Å²) in [5.41, 5.74) is 0.645. The number of fused-ring (bicyclic) bond motifs is 1. The Morgan fingerprint density at radius 2 is 2.00 bits per heavy atom. The molecule has 0 radical (unpaired) electrons.